The molecular weight excluding hydrogens is 482 g/mol. The Balaban J connectivity index is 0.000000292. The van der Waals surface area contributed by atoms with Crippen molar-refractivity contribution in [2.45, 2.75) is 137 Å². The van der Waals surface area contributed by atoms with Crippen LogP contribution in [0, 0.1) is 32.5 Å². The second-order valence-electron chi connectivity index (χ2n) is 17.5. The van der Waals surface area contributed by atoms with E-state index in [-0.39, 0.29) is 27.1 Å². The second-order valence-corrected chi connectivity index (χ2v) is 17.5. The highest BCUT2D eigenvalue weighted by atomic mass is 16.7. The summed E-state index contributed by atoms with van der Waals surface area (Å²) < 4.78 is 16.8. The highest BCUT2D eigenvalue weighted by molar-refractivity contribution is 5.27. The molecule has 3 aliphatic heterocycles. The van der Waals surface area contributed by atoms with E-state index in [4.69, 9.17) is 14.2 Å². The van der Waals surface area contributed by atoms with Crippen LogP contribution < -0.4 is 5.32 Å². The van der Waals surface area contributed by atoms with Crippen molar-refractivity contribution in [2.75, 3.05) is 19.9 Å². The predicted molar refractivity (Wildman–Crippen MR) is 168 cm³/mol. The maximum absolute atomic E-state index is 5.74. The molecule has 0 saturated carbocycles. The lowest BCUT2D eigenvalue weighted by molar-refractivity contribution is 0.0458. The Bertz CT molecular complexity index is 726. The van der Waals surface area contributed by atoms with E-state index in [0.29, 0.717) is 12.2 Å². The van der Waals surface area contributed by atoms with Gasteiger partial charge in [-0.3, -0.25) is 0 Å². The Hall–Kier alpha value is -1.58. The minimum atomic E-state index is 0.0408. The Labute approximate surface area is 243 Å². The average Bonchev–Trinajstić information content (AvgIpc) is 3.45. The summed E-state index contributed by atoms with van der Waals surface area (Å²) in [5.41, 5.74) is 5.70. The number of rotatable bonds is 0. The van der Waals surface area contributed by atoms with Gasteiger partial charge in [0.2, 0.25) is 6.79 Å². The monoisotopic (exact) mass is 547 g/mol. The van der Waals surface area contributed by atoms with Gasteiger partial charge in [0.05, 0.1) is 6.61 Å². The molecule has 3 heterocycles. The molecule has 0 fully saturated rings. The fraction of sp³-hybridized carbons (Fsp3) is 0.829. The van der Waals surface area contributed by atoms with Crippen LogP contribution in [0.3, 0.4) is 0 Å². The van der Waals surface area contributed by atoms with Gasteiger partial charge in [-0.15, -0.1) is 0 Å². The minimum absolute atomic E-state index is 0.0408. The molecule has 0 aromatic heterocycles. The summed E-state index contributed by atoms with van der Waals surface area (Å²) in [6.07, 6.45) is 2.33. The van der Waals surface area contributed by atoms with Crippen molar-refractivity contribution >= 4 is 0 Å². The maximum Gasteiger partial charge on any atom is 0.230 e. The molecule has 0 amide bonds. The summed E-state index contributed by atoms with van der Waals surface area (Å²) in [7, 11) is 0. The predicted octanol–water partition coefficient (Wildman–Crippen LogP) is 10.4. The van der Waals surface area contributed by atoms with Crippen LogP contribution in [0.4, 0.5) is 0 Å². The van der Waals surface area contributed by atoms with E-state index in [9.17, 15) is 0 Å². The zero-order chi connectivity index (χ0) is 30.8. The number of nitrogens with one attached hydrogen (secondary N) is 1. The largest absolute Gasteiger partial charge is 0.497 e. The van der Waals surface area contributed by atoms with E-state index in [1.807, 2.05) is 0 Å². The van der Waals surface area contributed by atoms with Crippen LogP contribution in [0.15, 0.2) is 34.1 Å². The van der Waals surface area contributed by atoms with Crippen molar-refractivity contribution in [2.24, 2.45) is 32.5 Å². The quantitative estimate of drug-likeness (QED) is 0.327. The zero-order valence-corrected chi connectivity index (χ0v) is 29.3. The van der Waals surface area contributed by atoms with Gasteiger partial charge in [-0.25, -0.2) is 0 Å². The molecular formula is C35H65NO3. The van der Waals surface area contributed by atoms with Crippen molar-refractivity contribution in [3.8, 4) is 0 Å². The number of allylic oxidation sites excluding steroid dienone is 4. The molecule has 0 aromatic carbocycles. The minimum Gasteiger partial charge on any atom is -0.497 e. The summed E-state index contributed by atoms with van der Waals surface area (Å²) in [4.78, 5) is 0. The average molecular weight is 548 g/mol. The SMILES string of the molecule is CC(C)(C)C1=C(C(C)(C)C)NCC1.CC(C)(C)C1=C(C(C)(C)C)OCC1.CC(C)(C)C1=C(C(C)(C)C)OCO1. The second kappa shape index (κ2) is 12.1. The van der Waals surface area contributed by atoms with E-state index in [1.54, 1.807) is 5.57 Å². The van der Waals surface area contributed by atoms with Crippen molar-refractivity contribution in [1.82, 2.24) is 5.32 Å². The van der Waals surface area contributed by atoms with Crippen LogP contribution in [0.1, 0.15) is 137 Å². The fourth-order valence-corrected chi connectivity index (χ4v) is 5.25. The summed E-state index contributed by atoms with van der Waals surface area (Å²) in [6.45, 7) is 42.5. The van der Waals surface area contributed by atoms with Crippen molar-refractivity contribution in [1.29, 1.82) is 0 Å². The third-order valence-electron chi connectivity index (χ3n) is 7.07. The van der Waals surface area contributed by atoms with E-state index < -0.39 is 0 Å². The molecule has 4 nitrogen and oxygen atoms in total. The fourth-order valence-electron chi connectivity index (χ4n) is 5.25. The normalized spacial score (nSPS) is 19.0. The van der Waals surface area contributed by atoms with Crippen LogP contribution >= 0.6 is 0 Å². The lowest BCUT2D eigenvalue weighted by atomic mass is 9.79. The van der Waals surface area contributed by atoms with Crippen molar-refractivity contribution < 1.29 is 14.2 Å². The van der Waals surface area contributed by atoms with Crippen LogP contribution in [-0.2, 0) is 14.2 Å². The van der Waals surface area contributed by atoms with Gasteiger partial charge in [0, 0.05) is 40.3 Å². The van der Waals surface area contributed by atoms with Gasteiger partial charge in [0.25, 0.3) is 0 Å². The number of hydrogen-bond acceptors (Lipinski definition) is 4. The van der Waals surface area contributed by atoms with Crippen molar-refractivity contribution in [3.05, 3.63) is 34.1 Å². The molecule has 0 aromatic rings. The van der Waals surface area contributed by atoms with E-state index in [1.165, 1.54) is 23.5 Å². The van der Waals surface area contributed by atoms with Gasteiger partial charge >= 0.3 is 0 Å². The Morgan fingerprint density at radius 2 is 0.846 bits per heavy atom. The van der Waals surface area contributed by atoms with Gasteiger partial charge < -0.3 is 19.5 Å². The standard InChI is InChI=1S/C12H23N.C12H22O.C11H20O2/c2*1-11(2,3)9-7-8-13-10(9)12(4,5)6;1-10(2,3)8-9(11(4,5)6)13-7-12-8/h13H,7-8H2,1-6H3;7-8H2,1-6H3;7H2,1-6H3. The van der Waals surface area contributed by atoms with Gasteiger partial charge in [0.1, 0.15) is 17.3 Å². The lowest BCUT2D eigenvalue weighted by Gasteiger charge is -2.28. The molecule has 4 heteroatoms. The summed E-state index contributed by atoms with van der Waals surface area (Å²) in [5.74, 6) is 3.22. The molecule has 3 rings (SSSR count). The summed E-state index contributed by atoms with van der Waals surface area (Å²) >= 11 is 0. The first-order valence-corrected chi connectivity index (χ1v) is 15.0. The van der Waals surface area contributed by atoms with E-state index in [2.05, 4.69) is 130 Å². The van der Waals surface area contributed by atoms with Crippen molar-refractivity contribution in [3.63, 3.8) is 0 Å². The number of hydrogen-bond donors (Lipinski definition) is 1. The van der Waals surface area contributed by atoms with Gasteiger partial charge in [-0.05, 0) is 28.4 Å². The Kier molecular flexibility index (Phi) is 11.0. The van der Waals surface area contributed by atoms with Gasteiger partial charge in [-0.1, -0.05) is 125 Å². The van der Waals surface area contributed by atoms with E-state index in [0.717, 1.165) is 31.1 Å². The molecule has 0 unspecified atom stereocenters. The molecule has 228 valence electrons. The topological polar surface area (TPSA) is 39.7 Å². The maximum atomic E-state index is 5.74. The van der Waals surface area contributed by atoms with Crippen LogP contribution in [0.2, 0.25) is 0 Å². The molecule has 1 N–H and O–H groups in total. The summed E-state index contributed by atoms with van der Waals surface area (Å²) in [5, 5.41) is 3.53. The highest BCUT2D eigenvalue weighted by Crippen LogP contribution is 2.43. The first-order chi connectivity index (χ1) is 17.2. The first-order valence-electron chi connectivity index (χ1n) is 15.0. The molecule has 39 heavy (non-hydrogen) atoms. The Morgan fingerprint density at radius 1 is 0.436 bits per heavy atom. The third-order valence-corrected chi connectivity index (χ3v) is 7.07. The van der Waals surface area contributed by atoms with Crippen LogP contribution in [0.25, 0.3) is 0 Å². The highest BCUT2D eigenvalue weighted by Gasteiger charge is 2.35. The molecule has 0 bridgehead atoms. The smallest absolute Gasteiger partial charge is 0.230 e. The summed E-state index contributed by atoms with van der Waals surface area (Å²) in [6, 6.07) is 0. The molecule has 0 aliphatic carbocycles. The lowest BCUT2D eigenvalue weighted by Crippen LogP contribution is -2.23. The first kappa shape index (κ1) is 35.4. The Morgan fingerprint density at radius 3 is 1.13 bits per heavy atom. The van der Waals surface area contributed by atoms with Crippen LogP contribution in [-0.4, -0.2) is 19.9 Å². The molecule has 0 radical (unpaired) electrons. The van der Waals surface area contributed by atoms with Gasteiger partial charge in [-0.2, -0.15) is 0 Å². The molecule has 3 aliphatic rings. The van der Waals surface area contributed by atoms with Crippen LogP contribution in [0.5, 0.6) is 0 Å². The number of ether oxygens (including phenoxy) is 3. The third kappa shape index (κ3) is 10.4. The molecule has 0 saturated heterocycles. The van der Waals surface area contributed by atoms with Gasteiger partial charge in [0.15, 0.2) is 0 Å². The molecule has 0 spiro atoms. The molecule has 0 atom stereocenters. The van der Waals surface area contributed by atoms with E-state index >= 15 is 0 Å². The zero-order valence-electron chi connectivity index (χ0n) is 29.3.